The number of anilines is 1. The summed E-state index contributed by atoms with van der Waals surface area (Å²) in [5.74, 6) is -7.26. The largest absolute Gasteiger partial charge is 0.360 e. The lowest BCUT2D eigenvalue weighted by molar-refractivity contribution is -0.127. The van der Waals surface area contributed by atoms with Gasteiger partial charge in [-0.15, -0.1) is 0 Å². The first-order chi connectivity index (χ1) is 8.25. The molecule has 0 bridgehead atoms. The molecule has 18 heavy (non-hydrogen) atoms. The van der Waals surface area contributed by atoms with E-state index in [0.717, 1.165) is 11.9 Å². The standard InChI is InChI=1S/C10H11F4N3O/c1-16(2)5(18)4-17(3)8-6(11)9(13)15-10(14)7(8)12/h4H2,1-3H3. The molecule has 1 aromatic heterocycles. The summed E-state index contributed by atoms with van der Waals surface area (Å²) < 4.78 is 52.4. The fourth-order valence-corrected chi connectivity index (χ4v) is 1.23. The number of hydrogen-bond donors (Lipinski definition) is 0. The molecule has 0 saturated heterocycles. The monoisotopic (exact) mass is 265 g/mol. The van der Waals surface area contributed by atoms with Gasteiger partial charge < -0.3 is 9.80 Å². The SMILES string of the molecule is CN(C)C(=O)CN(C)c1c(F)c(F)nc(F)c1F. The Morgan fingerprint density at radius 1 is 1.06 bits per heavy atom. The molecule has 0 atom stereocenters. The third-order valence-corrected chi connectivity index (χ3v) is 2.23. The number of carbonyl (C=O) groups excluding carboxylic acids is 1. The highest BCUT2D eigenvalue weighted by Gasteiger charge is 2.24. The van der Waals surface area contributed by atoms with E-state index in [9.17, 15) is 22.4 Å². The Morgan fingerprint density at radius 2 is 1.50 bits per heavy atom. The van der Waals surface area contributed by atoms with Crippen molar-refractivity contribution in [3.05, 3.63) is 23.5 Å². The number of carbonyl (C=O) groups is 1. The molecule has 8 heteroatoms. The number of amides is 1. The van der Waals surface area contributed by atoms with Crippen molar-refractivity contribution in [2.75, 3.05) is 32.6 Å². The second kappa shape index (κ2) is 5.19. The molecule has 1 aromatic rings. The Morgan fingerprint density at radius 3 is 1.89 bits per heavy atom. The van der Waals surface area contributed by atoms with Crippen molar-refractivity contribution < 1.29 is 22.4 Å². The van der Waals surface area contributed by atoms with Crippen LogP contribution in [0.4, 0.5) is 23.2 Å². The van der Waals surface area contributed by atoms with Gasteiger partial charge in [0.1, 0.15) is 5.69 Å². The van der Waals surface area contributed by atoms with Crippen LogP contribution in [0.2, 0.25) is 0 Å². The third kappa shape index (κ3) is 2.69. The number of rotatable bonds is 3. The first-order valence-electron chi connectivity index (χ1n) is 4.87. The molecule has 4 nitrogen and oxygen atoms in total. The highest BCUT2D eigenvalue weighted by molar-refractivity contribution is 5.80. The fraction of sp³-hybridized carbons (Fsp3) is 0.400. The van der Waals surface area contributed by atoms with Gasteiger partial charge in [0.15, 0.2) is 0 Å². The molecule has 1 rings (SSSR count). The minimum absolute atomic E-state index is 0.427. The number of halogens is 4. The van der Waals surface area contributed by atoms with Crippen LogP contribution >= 0.6 is 0 Å². The van der Waals surface area contributed by atoms with Gasteiger partial charge in [0.05, 0.1) is 6.54 Å². The lowest BCUT2D eigenvalue weighted by Gasteiger charge is -2.21. The molecule has 0 aliphatic rings. The summed E-state index contributed by atoms with van der Waals surface area (Å²) in [6, 6.07) is 0. The number of pyridine rings is 1. The van der Waals surface area contributed by atoms with Gasteiger partial charge in [-0.1, -0.05) is 0 Å². The molecule has 0 spiro atoms. The molecule has 0 aliphatic heterocycles. The smallest absolute Gasteiger partial charge is 0.253 e. The van der Waals surface area contributed by atoms with Crippen molar-refractivity contribution in [1.82, 2.24) is 9.88 Å². The Bertz CT molecular complexity index is 452. The summed E-state index contributed by atoms with van der Waals surface area (Å²) >= 11 is 0. The molecule has 0 radical (unpaired) electrons. The third-order valence-electron chi connectivity index (χ3n) is 2.23. The van der Waals surface area contributed by atoms with Crippen molar-refractivity contribution in [2.24, 2.45) is 0 Å². The molecule has 0 unspecified atom stereocenters. The maximum atomic E-state index is 13.3. The van der Waals surface area contributed by atoms with E-state index in [0.29, 0.717) is 0 Å². The average molecular weight is 265 g/mol. The molecular weight excluding hydrogens is 254 g/mol. The van der Waals surface area contributed by atoms with E-state index in [1.165, 1.54) is 19.0 Å². The van der Waals surface area contributed by atoms with E-state index < -0.39 is 41.7 Å². The quantitative estimate of drug-likeness (QED) is 0.608. The minimum atomic E-state index is -1.76. The zero-order valence-electron chi connectivity index (χ0n) is 9.97. The van der Waals surface area contributed by atoms with Gasteiger partial charge in [0.25, 0.3) is 11.9 Å². The number of nitrogens with zero attached hydrogens (tertiary/aromatic N) is 3. The molecule has 1 amide bonds. The lowest BCUT2D eigenvalue weighted by atomic mass is 10.3. The summed E-state index contributed by atoms with van der Waals surface area (Å²) in [4.78, 5) is 15.7. The van der Waals surface area contributed by atoms with Crippen LogP contribution in [0.1, 0.15) is 0 Å². The normalized spacial score (nSPS) is 10.4. The summed E-state index contributed by atoms with van der Waals surface area (Å²) in [5, 5.41) is 0. The van der Waals surface area contributed by atoms with E-state index in [-0.39, 0.29) is 0 Å². The minimum Gasteiger partial charge on any atom is -0.360 e. The van der Waals surface area contributed by atoms with Gasteiger partial charge in [0, 0.05) is 21.1 Å². The van der Waals surface area contributed by atoms with Crippen LogP contribution in [-0.4, -0.2) is 43.5 Å². The van der Waals surface area contributed by atoms with Gasteiger partial charge in [-0.3, -0.25) is 4.79 Å². The predicted octanol–water partition coefficient (Wildman–Crippen LogP) is 1.16. The highest BCUT2D eigenvalue weighted by Crippen LogP contribution is 2.25. The fourth-order valence-electron chi connectivity index (χ4n) is 1.23. The summed E-state index contributed by atoms with van der Waals surface area (Å²) in [6.07, 6.45) is 0. The zero-order valence-corrected chi connectivity index (χ0v) is 9.97. The van der Waals surface area contributed by atoms with E-state index >= 15 is 0 Å². The van der Waals surface area contributed by atoms with Gasteiger partial charge in [-0.2, -0.15) is 22.5 Å². The van der Waals surface area contributed by atoms with Crippen molar-refractivity contribution in [2.45, 2.75) is 0 Å². The number of aromatic nitrogens is 1. The molecule has 0 saturated carbocycles. The maximum absolute atomic E-state index is 13.3. The average Bonchev–Trinajstić information content (AvgIpc) is 2.26. The zero-order chi connectivity index (χ0) is 14.0. The summed E-state index contributed by atoms with van der Waals surface area (Å²) in [7, 11) is 4.02. The van der Waals surface area contributed by atoms with E-state index in [1.54, 1.807) is 0 Å². The van der Waals surface area contributed by atoms with Crippen LogP contribution in [0.3, 0.4) is 0 Å². The number of hydrogen-bond acceptors (Lipinski definition) is 3. The Labute approximate surface area is 101 Å². The first kappa shape index (κ1) is 14.2. The van der Waals surface area contributed by atoms with E-state index in [2.05, 4.69) is 4.98 Å². The van der Waals surface area contributed by atoms with Crippen LogP contribution < -0.4 is 4.90 Å². The molecule has 1 heterocycles. The van der Waals surface area contributed by atoms with Crippen LogP contribution in [0, 0.1) is 23.5 Å². The van der Waals surface area contributed by atoms with Crippen molar-refractivity contribution >= 4 is 11.6 Å². The van der Waals surface area contributed by atoms with Gasteiger partial charge in [-0.05, 0) is 0 Å². The lowest BCUT2D eigenvalue weighted by Crippen LogP contribution is -2.35. The highest BCUT2D eigenvalue weighted by atomic mass is 19.2. The van der Waals surface area contributed by atoms with Gasteiger partial charge in [-0.25, -0.2) is 0 Å². The van der Waals surface area contributed by atoms with Crippen molar-refractivity contribution in [3.8, 4) is 0 Å². The maximum Gasteiger partial charge on any atom is 0.253 e. The topological polar surface area (TPSA) is 36.4 Å². The second-order valence-electron chi connectivity index (χ2n) is 3.81. The van der Waals surface area contributed by atoms with Crippen molar-refractivity contribution in [1.29, 1.82) is 0 Å². The van der Waals surface area contributed by atoms with E-state index in [1.807, 2.05) is 0 Å². The van der Waals surface area contributed by atoms with Crippen LogP contribution in [0.15, 0.2) is 0 Å². The molecule has 100 valence electrons. The second-order valence-corrected chi connectivity index (χ2v) is 3.81. The van der Waals surface area contributed by atoms with Crippen LogP contribution in [0.5, 0.6) is 0 Å². The molecule has 0 aromatic carbocycles. The molecule has 0 aliphatic carbocycles. The molecular formula is C10H11F4N3O. The van der Waals surface area contributed by atoms with Crippen LogP contribution in [-0.2, 0) is 4.79 Å². The van der Waals surface area contributed by atoms with Gasteiger partial charge >= 0.3 is 0 Å². The number of likely N-dealkylation sites (N-methyl/N-ethyl adjacent to an activating group) is 2. The summed E-state index contributed by atoms with van der Waals surface area (Å²) in [6.45, 7) is -0.427. The van der Waals surface area contributed by atoms with E-state index in [4.69, 9.17) is 0 Å². The molecule has 0 N–H and O–H groups in total. The Balaban J connectivity index is 3.13. The first-order valence-corrected chi connectivity index (χ1v) is 4.87. The summed E-state index contributed by atoms with van der Waals surface area (Å²) in [5.41, 5.74) is -0.963. The predicted molar refractivity (Wildman–Crippen MR) is 56.0 cm³/mol. The Kier molecular flexibility index (Phi) is 4.10. The van der Waals surface area contributed by atoms with Gasteiger partial charge in [0.2, 0.25) is 17.5 Å². The Hall–Kier alpha value is -1.86. The van der Waals surface area contributed by atoms with Crippen molar-refractivity contribution in [3.63, 3.8) is 0 Å². The van der Waals surface area contributed by atoms with Crippen LogP contribution in [0.25, 0.3) is 0 Å². The molecule has 0 fully saturated rings.